The third-order valence-corrected chi connectivity index (χ3v) is 5.82. The summed E-state index contributed by atoms with van der Waals surface area (Å²) >= 11 is 0. The summed E-state index contributed by atoms with van der Waals surface area (Å²) in [6, 6.07) is 13.5. The Morgan fingerprint density at radius 1 is 1.24 bits per heavy atom. The zero-order valence-electron chi connectivity index (χ0n) is 16.2. The molecule has 0 aliphatic carbocycles. The van der Waals surface area contributed by atoms with E-state index in [0.717, 1.165) is 11.8 Å². The number of hydrogen-bond donors (Lipinski definition) is 0. The van der Waals surface area contributed by atoms with Crippen molar-refractivity contribution in [2.45, 2.75) is 38.1 Å². The van der Waals surface area contributed by atoms with Crippen LogP contribution in [0.3, 0.4) is 0 Å². The van der Waals surface area contributed by atoms with Gasteiger partial charge in [-0.25, -0.2) is 0 Å². The van der Waals surface area contributed by atoms with Gasteiger partial charge >= 0.3 is 0 Å². The van der Waals surface area contributed by atoms with Gasteiger partial charge in [0.1, 0.15) is 17.5 Å². The summed E-state index contributed by atoms with van der Waals surface area (Å²) < 4.78 is 35.6. The second kappa shape index (κ2) is 6.58. The van der Waals surface area contributed by atoms with Gasteiger partial charge in [-0.2, -0.15) is 13.7 Å². The molecule has 0 bridgehead atoms. The predicted octanol–water partition coefficient (Wildman–Crippen LogP) is 2.77. The maximum atomic E-state index is 13.2. The predicted molar refractivity (Wildman–Crippen MR) is 105 cm³/mol. The first-order valence-corrected chi connectivity index (χ1v) is 10.9. The molecule has 2 aliphatic rings. The summed E-state index contributed by atoms with van der Waals surface area (Å²) in [6.07, 6.45) is -0.0146. The SMILES string of the molecule is CC1(C)Oc2ccc(C#N)cc2[C@@H](N2Cc3ccccc3C2=O)[C@@H]1OS(C)(=O)=O. The number of carbonyl (C=O) groups is 1. The number of hydrogen-bond acceptors (Lipinski definition) is 6. The first kappa shape index (κ1) is 19.4. The lowest BCUT2D eigenvalue weighted by atomic mass is 9.85. The van der Waals surface area contributed by atoms with Crippen LogP contribution in [0.5, 0.6) is 5.75 Å². The average molecular weight is 412 g/mol. The van der Waals surface area contributed by atoms with Gasteiger partial charge in [0.15, 0.2) is 0 Å². The van der Waals surface area contributed by atoms with Crippen LogP contribution in [0, 0.1) is 11.3 Å². The molecular weight excluding hydrogens is 392 g/mol. The fourth-order valence-corrected chi connectivity index (χ4v) is 4.73. The van der Waals surface area contributed by atoms with Crippen molar-refractivity contribution >= 4 is 16.0 Å². The molecule has 2 atom stereocenters. The fourth-order valence-electron chi connectivity index (χ4n) is 4.02. The van der Waals surface area contributed by atoms with E-state index in [-0.39, 0.29) is 5.91 Å². The Hall–Kier alpha value is -2.89. The van der Waals surface area contributed by atoms with Crippen LogP contribution >= 0.6 is 0 Å². The van der Waals surface area contributed by atoms with E-state index in [0.29, 0.717) is 29.0 Å². The molecule has 8 heteroatoms. The van der Waals surface area contributed by atoms with E-state index >= 15 is 0 Å². The largest absolute Gasteiger partial charge is 0.485 e. The van der Waals surface area contributed by atoms with Crippen molar-refractivity contribution in [3.8, 4) is 11.8 Å². The van der Waals surface area contributed by atoms with Crippen molar-refractivity contribution in [3.63, 3.8) is 0 Å². The van der Waals surface area contributed by atoms with Crippen LogP contribution < -0.4 is 4.74 Å². The quantitative estimate of drug-likeness (QED) is 0.719. The molecule has 0 radical (unpaired) electrons. The normalized spacial score (nSPS) is 22.4. The molecule has 150 valence electrons. The van der Waals surface area contributed by atoms with Gasteiger partial charge in [-0.05, 0) is 43.7 Å². The van der Waals surface area contributed by atoms with E-state index < -0.39 is 27.9 Å². The molecule has 29 heavy (non-hydrogen) atoms. The van der Waals surface area contributed by atoms with Gasteiger partial charge in [-0.15, -0.1) is 0 Å². The van der Waals surface area contributed by atoms with E-state index in [2.05, 4.69) is 6.07 Å². The number of amides is 1. The van der Waals surface area contributed by atoms with Crippen LogP contribution in [0.15, 0.2) is 42.5 Å². The Morgan fingerprint density at radius 3 is 2.62 bits per heavy atom. The highest BCUT2D eigenvalue weighted by atomic mass is 32.2. The topological polar surface area (TPSA) is 96.7 Å². The van der Waals surface area contributed by atoms with Crippen molar-refractivity contribution in [2.24, 2.45) is 0 Å². The van der Waals surface area contributed by atoms with E-state index in [1.54, 1.807) is 49.1 Å². The fraction of sp³-hybridized carbons (Fsp3) is 0.333. The molecule has 2 aromatic carbocycles. The lowest BCUT2D eigenvalue weighted by Gasteiger charge is -2.46. The van der Waals surface area contributed by atoms with Crippen molar-refractivity contribution in [1.82, 2.24) is 4.90 Å². The second-order valence-electron chi connectivity index (χ2n) is 7.83. The molecule has 0 aromatic heterocycles. The Kier molecular flexibility index (Phi) is 4.41. The van der Waals surface area contributed by atoms with Gasteiger partial charge in [0.25, 0.3) is 16.0 Å². The smallest absolute Gasteiger partial charge is 0.264 e. The molecule has 2 aliphatic heterocycles. The van der Waals surface area contributed by atoms with Crippen molar-refractivity contribution in [3.05, 3.63) is 64.7 Å². The molecule has 4 rings (SSSR count). The standard InChI is InChI=1S/C21H20N2O5S/c1-21(2)19(28-29(3,25)26)18(16-10-13(11-22)8-9-17(16)27-21)23-12-14-6-4-5-7-15(14)20(23)24/h4-10,18-19H,12H2,1-3H3/t18-,19+/m1/s1. The maximum absolute atomic E-state index is 13.2. The maximum Gasteiger partial charge on any atom is 0.264 e. The molecule has 0 unspecified atom stereocenters. The van der Waals surface area contributed by atoms with Gasteiger partial charge in [0.05, 0.1) is 23.9 Å². The van der Waals surface area contributed by atoms with Crippen LogP contribution in [0.2, 0.25) is 0 Å². The summed E-state index contributed by atoms with van der Waals surface area (Å²) in [4.78, 5) is 14.8. The Labute approximate surface area is 169 Å². The molecular formula is C21H20N2O5S. The van der Waals surface area contributed by atoms with Gasteiger partial charge in [-0.1, -0.05) is 18.2 Å². The zero-order valence-corrected chi connectivity index (χ0v) is 17.1. The summed E-state index contributed by atoms with van der Waals surface area (Å²) in [5.74, 6) is 0.287. The molecule has 0 fully saturated rings. The van der Waals surface area contributed by atoms with Gasteiger partial charge in [-0.3, -0.25) is 8.98 Å². The van der Waals surface area contributed by atoms with Crippen LogP contribution in [0.25, 0.3) is 0 Å². The highest BCUT2D eigenvalue weighted by Gasteiger charge is 2.51. The lowest BCUT2D eigenvalue weighted by molar-refractivity contribution is -0.0702. The minimum atomic E-state index is -3.84. The summed E-state index contributed by atoms with van der Waals surface area (Å²) in [5, 5.41) is 9.34. The van der Waals surface area contributed by atoms with E-state index in [1.165, 1.54) is 0 Å². The average Bonchev–Trinajstić information content (AvgIpc) is 2.97. The number of ether oxygens (including phenoxy) is 1. The number of carbonyl (C=O) groups excluding carboxylic acids is 1. The van der Waals surface area contributed by atoms with E-state index in [9.17, 15) is 18.5 Å². The van der Waals surface area contributed by atoms with Crippen LogP contribution in [0.4, 0.5) is 0 Å². The summed E-state index contributed by atoms with van der Waals surface area (Å²) in [7, 11) is -3.84. The molecule has 0 N–H and O–H groups in total. The highest BCUT2D eigenvalue weighted by Crippen LogP contribution is 2.47. The monoisotopic (exact) mass is 412 g/mol. The number of fused-ring (bicyclic) bond motifs is 2. The number of rotatable bonds is 3. The Balaban J connectivity index is 1.89. The van der Waals surface area contributed by atoms with Gasteiger partial charge < -0.3 is 9.64 Å². The van der Waals surface area contributed by atoms with Crippen LogP contribution in [0.1, 0.15) is 46.9 Å². The second-order valence-corrected chi connectivity index (χ2v) is 9.43. The van der Waals surface area contributed by atoms with Crippen molar-refractivity contribution < 1.29 is 22.1 Å². The minimum absolute atomic E-state index is 0.210. The molecule has 0 saturated carbocycles. The molecule has 0 saturated heterocycles. The van der Waals surface area contributed by atoms with Crippen molar-refractivity contribution in [1.29, 1.82) is 5.26 Å². The minimum Gasteiger partial charge on any atom is -0.485 e. The third-order valence-electron chi connectivity index (χ3n) is 5.27. The molecule has 2 aromatic rings. The summed E-state index contributed by atoms with van der Waals surface area (Å²) in [6.45, 7) is 3.77. The van der Waals surface area contributed by atoms with Gasteiger partial charge in [0.2, 0.25) is 0 Å². The number of nitrogens with zero attached hydrogens (tertiary/aromatic N) is 2. The first-order chi connectivity index (χ1) is 13.6. The highest BCUT2D eigenvalue weighted by molar-refractivity contribution is 7.86. The van der Waals surface area contributed by atoms with E-state index in [4.69, 9.17) is 8.92 Å². The van der Waals surface area contributed by atoms with Crippen molar-refractivity contribution in [2.75, 3.05) is 6.26 Å². The third kappa shape index (κ3) is 3.37. The summed E-state index contributed by atoms with van der Waals surface area (Å²) in [5.41, 5.74) is 1.34. The van der Waals surface area contributed by atoms with Gasteiger partial charge in [0, 0.05) is 17.7 Å². The zero-order chi connectivity index (χ0) is 21.0. The first-order valence-electron chi connectivity index (χ1n) is 9.11. The van der Waals surface area contributed by atoms with Crippen LogP contribution in [-0.2, 0) is 20.8 Å². The number of benzene rings is 2. The lowest BCUT2D eigenvalue weighted by Crippen LogP contribution is -2.55. The van der Waals surface area contributed by atoms with Crippen LogP contribution in [-0.4, -0.2) is 37.2 Å². The molecule has 1 amide bonds. The molecule has 2 heterocycles. The molecule has 7 nitrogen and oxygen atoms in total. The Morgan fingerprint density at radius 2 is 1.97 bits per heavy atom. The number of nitriles is 1. The molecule has 0 spiro atoms. The van der Waals surface area contributed by atoms with E-state index in [1.807, 2.05) is 12.1 Å². The Bertz CT molecular complexity index is 1150.